The Kier molecular flexibility index (Phi) is 10.2. The largest absolute Gasteiger partial charge is 0.444 e. The van der Waals surface area contributed by atoms with Gasteiger partial charge in [0.15, 0.2) is 0 Å². The molecule has 0 spiro atoms. The predicted molar refractivity (Wildman–Crippen MR) is 122 cm³/mol. The molecule has 2 aliphatic carbocycles. The van der Waals surface area contributed by atoms with Gasteiger partial charge >= 0.3 is 6.09 Å². The molecule has 0 aromatic carbocycles. The van der Waals surface area contributed by atoms with E-state index in [2.05, 4.69) is 10.6 Å². The van der Waals surface area contributed by atoms with Gasteiger partial charge in [-0.2, -0.15) is 0 Å². The van der Waals surface area contributed by atoms with Gasteiger partial charge in [0, 0.05) is 13.7 Å². The number of ether oxygens (including phenoxy) is 2. The van der Waals surface area contributed by atoms with Crippen LogP contribution in [0.4, 0.5) is 4.79 Å². The van der Waals surface area contributed by atoms with E-state index in [1.165, 1.54) is 44.9 Å². The Morgan fingerprint density at radius 2 is 1.69 bits per heavy atom. The minimum absolute atomic E-state index is 0.155. The Morgan fingerprint density at radius 1 is 1.03 bits per heavy atom. The van der Waals surface area contributed by atoms with Gasteiger partial charge < -0.3 is 20.1 Å². The lowest BCUT2D eigenvalue weighted by atomic mass is 9.85. The lowest BCUT2D eigenvalue weighted by molar-refractivity contribution is 0.0513. The zero-order valence-corrected chi connectivity index (χ0v) is 19.7. The smallest absolute Gasteiger partial charge is 0.408 e. The maximum absolute atomic E-state index is 12.4. The van der Waals surface area contributed by atoms with E-state index in [1.807, 2.05) is 20.8 Å². The van der Waals surface area contributed by atoms with Gasteiger partial charge in [0.05, 0.1) is 17.1 Å². The second kappa shape index (κ2) is 12.1. The van der Waals surface area contributed by atoms with Gasteiger partial charge in [0.2, 0.25) is 0 Å². The molecule has 0 aromatic rings. The van der Waals surface area contributed by atoms with Crippen LogP contribution in [0.15, 0.2) is 0 Å². The molecule has 0 aromatic heterocycles. The van der Waals surface area contributed by atoms with Crippen LogP contribution in [0.1, 0.15) is 91.4 Å². The maximum atomic E-state index is 12.4. The van der Waals surface area contributed by atoms with E-state index in [-0.39, 0.29) is 12.1 Å². The van der Waals surface area contributed by atoms with Crippen molar-refractivity contribution in [2.24, 2.45) is 11.8 Å². The molecule has 168 valence electrons. The fraction of sp³-hybridized carbons (Fsp3) is 0.913. The minimum Gasteiger partial charge on any atom is -0.444 e. The highest BCUT2D eigenvalue weighted by Gasteiger charge is 2.25. The summed E-state index contributed by atoms with van der Waals surface area (Å²) < 4.78 is 10.9. The van der Waals surface area contributed by atoms with Crippen molar-refractivity contribution in [2.75, 3.05) is 13.7 Å². The van der Waals surface area contributed by atoms with Crippen LogP contribution in [0.2, 0.25) is 0 Å². The summed E-state index contributed by atoms with van der Waals surface area (Å²) in [6.07, 6.45) is 13.3. The molecular weight excluding hydrogens is 384 g/mol. The second-order valence-electron chi connectivity index (χ2n) is 9.90. The highest BCUT2D eigenvalue weighted by atomic mass is 32.1. The van der Waals surface area contributed by atoms with Gasteiger partial charge in [-0.25, -0.2) is 4.79 Å². The Bertz CT molecular complexity index is 507. The number of methoxy groups -OCH3 is 1. The van der Waals surface area contributed by atoms with Crippen molar-refractivity contribution in [3.8, 4) is 0 Å². The van der Waals surface area contributed by atoms with Crippen molar-refractivity contribution in [2.45, 2.75) is 109 Å². The number of hydrogen-bond acceptors (Lipinski definition) is 4. The lowest BCUT2D eigenvalue weighted by Crippen LogP contribution is -2.48. The van der Waals surface area contributed by atoms with Crippen molar-refractivity contribution in [1.29, 1.82) is 0 Å². The van der Waals surface area contributed by atoms with Gasteiger partial charge in [-0.3, -0.25) is 0 Å². The van der Waals surface area contributed by atoms with E-state index in [0.717, 1.165) is 43.1 Å². The molecular formula is C23H42N2O3S. The summed E-state index contributed by atoms with van der Waals surface area (Å²) in [6.45, 7) is 6.54. The Balaban J connectivity index is 1.84. The molecule has 2 saturated carbocycles. The first kappa shape index (κ1) is 24.4. The van der Waals surface area contributed by atoms with Gasteiger partial charge in [-0.1, -0.05) is 44.3 Å². The molecule has 5 nitrogen and oxygen atoms in total. The first-order valence-electron chi connectivity index (χ1n) is 11.6. The number of nitrogens with one attached hydrogen (secondary N) is 2. The Hall–Kier alpha value is -0.880. The molecule has 0 aliphatic heterocycles. The van der Waals surface area contributed by atoms with E-state index in [0.29, 0.717) is 12.0 Å². The molecule has 1 atom stereocenters. The minimum atomic E-state index is -0.507. The third-order valence-corrected chi connectivity index (χ3v) is 6.72. The lowest BCUT2D eigenvalue weighted by Gasteiger charge is -2.30. The SMILES string of the molecule is COC1CCC(CNC(=S)[C@@H](CCC2CCCCC2)NC(=O)OC(C)(C)C)CC1. The summed E-state index contributed by atoms with van der Waals surface area (Å²) in [5.41, 5.74) is -0.507. The first-order valence-corrected chi connectivity index (χ1v) is 12.0. The van der Waals surface area contributed by atoms with E-state index in [4.69, 9.17) is 21.7 Å². The highest BCUT2D eigenvalue weighted by Crippen LogP contribution is 2.28. The van der Waals surface area contributed by atoms with Crippen LogP contribution in [0, 0.1) is 11.8 Å². The van der Waals surface area contributed by atoms with Crippen LogP contribution in [0.5, 0.6) is 0 Å². The van der Waals surface area contributed by atoms with Crippen molar-refractivity contribution >= 4 is 23.3 Å². The third kappa shape index (κ3) is 9.65. The van der Waals surface area contributed by atoms with Crippen molar-refractivity contribution in [1.82, 2.24) is 10.6 Å². The van der Waals surface area contributed by atoms with E-state index in [1.54, 1.807) is 7.11 Å². The van der Waals surface area contributed by atoms with E-state index in [9.17, 15) is 4.79 Å². The quantitative estimate of drug-likeness (QED) is 0.512. The van der Waals surface area contributed by atoms with Gasteiger partial charge in [-0.15, -0.1) is 0 Å². The standard InChI is InChI=1S/C23H42N2O3S/c1-23(2,3)28-22(26)25-20(15-12-17-8-6-5-7-9-17)21(29)24-16-18-10-13-19(27-4)14-11-18/h17-20H,5-16H2,1-4H3,(H,24,29)(H,25,26)/t18?,19?,20-/m1/s1. The average molecular weight is 427 g/mol. The van der Waals surface area contributed by atoms with E-state index < -0.39 is 5.60 Å². The van der Waals surface area contributed by atoms with Crippen LogP contribution in [-0.4, -0.2) is 42.5 Å². The van der Waals surface area contributed by atoms with Crippen LogP contribution in [0.3, 0.4) is 0 Å². The molecule has 2 fully saturated rings. The Labute approximate surface area is 183 Å². The third-order valence-electron chi connectivity index (χ3n) is 6.29. The van der Waals surface area contributed by atoms with Gasteiger partial charge in [-0.05, 0) is 71.1 Å². The van der Waals surface area contributed by atoms with Crippen LogP contribution in [0.25, 0.3) is 0 Å². The van der Waals surface area contributed by atoms with E-state index >= 15 is 0 Å². The van der Waals surface area contributed by atoms with Crippen LogP contribution < -0.4 is 10.6 Å². The number of carbonyl (C=O) groups excluding carboxylic acids is 1. The van der Waals surface area contributed by atoms with Crippen molar-refractivity contribution < 1.29 is 14.3 Å². The number of rotatable bonds is 8. The fourth-order valence-electron chi connectivity index (χ4n) is 4.54. The van der Waals surface area contributed by atoms with Crippen molar-refractivity contribution in [3.05, 3.63) is 0 Å². The predicted octanol–water partition coefficient (Wildman–Crippen LogP) is 5.36. The van der Waals surface area contributed by atoms with Gasteiger partial charge in [0.1, 0.15) is 5.60 Å². The molecule has 2 aliphatic rings. The zero-order chi connectivity index (χ0) is 21.3. The number of carbonyl (C=O) groups is 1. The monoisotopic (exact) mass is 426 g/mol. The molecule has 0 saturated heterocycles. The molecule has 2 N–H and O–H groups in total. The fourth-order valence-corrected chi connectivity index (χ4v) is 4.80. The van der Waals surface area contributed by atoms with Crippen LogP contribution in [-0.2, 0) is 9.47 Å². The number of alkyl carbamates (subject to hydrolysis) is 1. The molecule has 0 bridgehead atoms. The zero-order valence-electron chi connectivity index (χ0n) is 18.9. The number of hydrogen-bond donors (Lipinski definition) is 2. The molecule has 0 unspecified atom stereocenters. The summed E-state index contributed by atoms with van der Waals surface area (Å²) in [5, 5.41) is 6.49. The summed E-state index contributed by atoms with van der Waals surface area (Å²) in [5.74, 6) is 1.39. The molecule has 6 heteroatoms. The second-order valence-corrected chi connectivity index (χ2v) is 10.3. The van der Waals surface area contributed by atoms with Crippen LogP contribution >= 0.6 is 12.2 Å². The summed E-state index contributed by atoms with van der Waals surface area (Å²) in [7, 11) is 1.80. The molecule has 29 heavy (non-hydrogen) atoms. The molecule has 0 radical (unpaired) electrons. The first-order chi connectivity index (χ1) is 13.8. The molecule has 1 amide bonds. The molecule has 2 rings (SSSR count). The number of amides is 1. The molecule has 0 heterocycles. The van der Waals surface area contributed by atoms with Gasteiger partial charge in [0.25, 0.3) is 0 Å². The summed E-state index contributed by atoms with van der Waals surface area (Å²) in [6, 6.07) is -0.155. The Morgan fingerprint density at radius 3 is 2.28 bits per heavy atom. The summed E-state index contributed by atoms with van der Waals surface area (Å²) >= 11 is 5.71. The number of thiocarbonyl (C=S) groups is 1. The average Bonchev–Trinajstić information content (AvgIpc) is 2.69. The van der Waals surface area contributed by atoms with Crippen molar-refractivity contribution in [3.63, 3.8) is 0 Å². The normalized spacial score (nSPS) is 24.6. The maximum Gasteiger partial charge on any atom is 0.408 e. The highest BCUT2D eigenvalue weighted by molar-refractivity contribution is 7.80. The topological polar surface area (TPSA) is 59.6 Å². The summed E-state index contributed by atoms with van der Waals surface area (Å²) in [4.78, 5) is 13.1.